The van der Waals surface area contributed by atoms with E-state index in [4.69, 9.17) is 4.42 Å². The molecule has 2 rings (SSSR count). The van der Waals surface area contributed by atoms with Crippen molar-refractivity contribution in [2.45, 2.75) is 20.4 Å². The van der Waals surface area contributed by atoms with E-state index < -0.39 is 0 Å². The number of benzene rings is 1. The standard InChI is InChI=1S/C12H16N2O/c1-4-14(3)8-10-5-6-12-11(7-10)13-9(2)15-12/h5-7H,4,8H2,1-3H3. The first-order valence-corrected chi connectivity index (χ1v) is 5.23. The lowest BCUT2D eigenvalue weighted by molar-refractivity contribution is 0.346. The van der Waals surface area contributed by atoms with Crippen LogP contribution in [0.15, 0.2) is 22.6 Å². The summed E-state index contributed by atoms with van der Waals surface area (Å²) in [4.78, 5) is 6.58. The van der Waals surface area contributed by atoms with Crippen molar-refractivity contribution >= 4 is 11.1 Å². The Morgan fingerprint density at radius 2 is 2.20 bits per heavy atom. The van der Waals surface area contributed by atoms with Gasteiger partial charge in [-0.15, -0.1) is 0 Å². The van der Waals surface area contributed by atoms with Crippen LogP contribution < -0.4 is 0 Å². The van der Waals surface area contributed by atoms with E-state index in [0.717, 1.165) is 30.1 Å². The van der Waals surface area contributed by atoms with Crippen LogP contribution in [0.4, 0.5) is 0 Å². The molecule has 0 aliphatic carbocycles. The number of aromatic nitrogens is 1. The molecule has 1 aromatic heterocycles. The molecule has 0 spiro atoms. The van der Waals surface area contributed by atoms with Crippen molar-refractivity contribution in [1.82, 2.24) is 9.88 Å². The summed E-state index contributed by atoms with van der Waals surface area (Å²) in [5.74, 6) is 0.728. The van der Waals surface area contributed by atoms with Crippen LogP contribution in [0.3, 0.4) is 0 Å². The zero-order valence-corrected chi connectivity index (χ0v) is 9.45. The lowest BCUT2D eigenvalue weighted by Crippen LogP contribution is -2.16. The fourth-order valence-corrected chi connectivity index (χ4v) is 1.61. The molecule has 0 radical (unpaired) electrons. The lowest BCUT2D eigenvalue weighted by Gasteiger charge is -2.13. The first-order chi connectivity index (χ1) is 7.19. The quantitative estimate of drug-likeness (QED) is 0.769. The SMILES string of the molecule is CCN(C)Cc1ccc2oc(C)nc2c1. The van der Waals surface area contributed by atoms with Crippen molar-refractivity contribution in [3.63, 3.8) is 0 Å². The van der Waals surface area contributed by atoms with Gasteiger partial charge in [0.05, 0.1) is 0 Å². The smallest absolute Gasteiger partial charge is 0.192 e. The highest BCUT2D eigenvalue weighted by Gasteiger charge is 2.04. The van der Waals surface area contributed by atoms with E-state index in [2.05, 4.69) is 36.0 Å². The van der Waals surface area contributed by atoms with Crippen LogP contribution in [0.1, 0.15) is 18.4 Å². The summed E-state index contributed by atoms with van der Waals surface area (Å²) in [6, 6.07) is 6.19. The molecule has 0 N–H and O–H groups in total. The van der Waals surface area contributed by atoms with Crippen molar-refractivity contribution < 1.29 is 4.42 Å². The fraction of sp³-hybridized carbons (Fsp3) is 0.417. The van der Waals surface area contributed by atoms with Crippen molar-refractivity contribution in [2.75, 3.05) is 13.6 Å². The summed E-state index contributed by atoms with van der Waals surface area (Å²) in [5.41, 5.74) is 3.10. The van der Waals surface area contributed by atoms with Crippen LogP contribution in [0.2, 0.25) is 0 Å². The number of aryl methyl sites for hydroxylation is 1. The first kappa shape index (κ1) is 10.2. The highest BCUT2D eigenvalue weighted by atomic mass is 16.3. The Balaban J connectivity index is 2.30. The van der Waals surface area contributed by atoms with Gasteiger partial charge in [0.2, 0.25) is 0 Å². The molecule has 0 fully saturated rings. The maximum absolute atomic E-state index is 5.43. The Morgan fingerprint density at radius 1 is 1.40 bits per heavy atom. The molecule has 1 heterocycles. The zero-order valence-electron chi connectivity index (χ0n) is 9.45. The maximum atomic E-state index is 5.43. The number of rotatable bonds is 3. The molecule has 0 aliphatic heterocycles. The molecular formula is C12H16N2O. The molecule has 1 aromatic carbocycles. The van der Waals surface area contributed by atoms with Gasteiger partial charge < -0.3 is 9.32 Å². The number of fused-ring (bicyclic) bond motifs is 1. The van der Waals surface area contributed by atoms with Crippen LogP contribution in [0, 0.1) is 6.92 Å². The minimum Gasteiger partial charge on any atom is -0.441 e. The van der Waals surface area contributed by atoms with E-state index >= 15 is 0 Å². The van der Waals surface area contributed by atoms with E-state index in [0.29, 0.717) is 0 Å². The molecule has 0 unspecified atom stereocenters. The Labute approximate surface area is 89.7 Å². The third-order valence-electron chi connectivity index (χ3n) is 2.55. The third-order valence-corrected chi connectivity index (χ3v) is 2.55. The van der Waals surface area contributed by atoms with Gasteiger partial charge in [-0.25, -0.2) is 4.98 Å². The summed E-state index contributed by atoms with van der Waals surface area (Å²) >= 11 is 0. The van der Waals surface area contributed by atoms with Crippen LogP contribution >= 0.6 is 0 Å². The predicted molar refractivity (Wildman–Crippen MR) is 60.8 cm³/mol. The van der Waals surface area contributed by atoms with Crippen molar-refractivity contribution in [3.8, 4) is 0 Å². The van der Waals surface area contributed by atoms with Gasteiger partial charge in [-0.3, -0.25) is 0 Å². The summed E-state index contributed by atoms with van der Waals surface area (Å²) in [6.45, 7) is 6.03. The molecule has 3 nitrogen and oxygen atoms in total. The topological polar surface area (TPSA) is 29.3 Å². The van der Waals surface area contributed by atoms with Crippen LogP contribution in [-0.4, -0.2) is 23.5 Å². The second-order valence-corrected chi connectivity index (χ2v) is 3.87. The van der Waals surface area contributed by atoms with Crippen molar-refractivity contribution in [1.29, 1.82) is 0 Å². The maximum Gasteiger partial charge on any atom is 0.192 e. The van der Waals surface area contributed by atoms with E-state index in [-0.39, 0.29) is 0 Å². The monoisotopic (exact) mass is 204 g/mol. The molecule has 0 atom stereocenters. The van der Waals surface area contributed by atoms with Gasteiger partial charge in [-0.1, -0.05) is 13.0 Å². The number of oxazole rings is 1. The summed E-state index contributed by atoms with van der Waals surface area (Å²) in [7, 11) is 2.11. The van der Waals surface area contributed by atoms with Gasteiger partial charge in [0.25, 0.3) is 0 Å². The molecule has 15 heavy (non-hydrogen) atoms. The molecule has 0 amide bonds. The molecule has 0 saturated carbocycles. The largest absolute Gasteiger partial charge is 0.441 e. The van der Waals surface area contributed by atoms with Crippen molar-refractivity contribution in [2.24, 2.45) is 0 Å². The highest BCUT2D eigenvalue weighted by Crippen LogP contribution is 2.17. The van der Waals surface area contributed by atoms with Crippen LogP contribution in [0.25, 0.3) is 11.1 Å². The minimum atomic E-state index is 0.728. The Hall–Kier alpha value is -1.35. The van der Waals surface area contributed by atoms with Crippen LogP contribution in [0.5, 0.6) is 0 Å². The van der Waals surface area contributed by atoms with Gasteiger partial charge in [0, 0.05) is 13.5 Å². The second-order valence-electron chi connectivity index (χ2n) is 3.87. The van der Waals surface area contributed by atoms with Gasteiger partial charge in [0.1, 0.15) is 5.52 Å². The molecule has 80 valence electrons. The normalized spacial score (nSPS) is 11.5. The predicted octanol–water partition coefficient (Wildman–Crippen LogP) is 2.59. The summed E-state index contributed by atoms with van der Waals surface area (Å²) in [5, 5.41) is 0. The molecule has 0 bridgehead atoms. The highest BCUT2D eigenvalue weighted by molar-refractivity contribution is 5.73. The van der Waals surface area contributed by atoms with Gasteiger partial charge >= 0.3 is 0 Å². The van der Waals surface area contributed by atoms with E-state index in [1.54, 1.807) is 0 Å². The summed E-state index contributed by atoms with van der Waals surface area (Å²) < 4.78 is 5.43. The Bertz CT molecular complexity index is 462. The van der Waals surface area contributed by atoms with Crippen molar-refractivity contribution in [3.05, 3.63) is 29.7 Å². The average molecular weight is 204 g/mol. The van der Waals surface area contributed by atoms with Gasteiger partial charge in [-0.05, 0) is 31.3 Å². The Morgan fingerprint density at radius 3 is 2.93 bits per heavy atom. The number of hydrogen-bond donors (Lipinski definition) is 0. The number of hydrogen-bond acceptors (Lipinski definition) is 3. The first-order valence-electron chi connectivity index (χ1n) is 5.23. The Kier molecular flexibility index (Phi) is 2.73. The van der Waals surface area contributed by atoms with E-state index in [1.165, 1.54) is 5.56 Å². The minimum absolute atomic E-state index is 0.728. The van der Waals surface area contributed by atoms with E-state index in [9.17, 15) is 0 Å². The molecular weight excluding hydrogens is 188 g/mol. The zero-order chi connectivity index (χ0) is 10.8. The van der Waals surface area contributed by atoms with Gasteiger partial charge in [0.15, 0.2) is 11.5 Å². The van der Waals surface area contributed by atoms with Crippen LogP contribution in [-0.2, 0) is 6.54 Å². The second kappa shape index (κ2) is 4.03. The molecule has 0 saturated heterocycles. The van der Waals surface area contributed by atoms with E-state index in [1.807, 2.05) is 13.0 Å². The van der Waals surface area contributed by atoms with Gasteiger partial charge in [-0.2, -0.15) is 0 Å². The lowest BCUT2D eigenvalue weighted by atomic mass is 10.2. The third kappa shape index (κ3) is 2.18. The fourth-order valence-electron chi connectivity index (χ4n) is 1.61. The summed E-state index contributed by atoms with van der Waals surface area (Å²) in [6.07, 6.45) is 0. The molecule has 0 aliphatic rings. The molecule has 2 aromatic rings. The molecule has 3 heteroatoms. The number of nitrogens with zero attached hydrogens (tertiary/aromatic N) is 2. The average Bonchev–Trinajstić information content (AvgIpc) is 2.57.